The van der Waals surface area contributed by atoms with Crippen LogP contribution >= 0.6 is 0 Å². The maximum atomic E-state index is 2.41. The third-order valence-electron chi connectivity index (χ3n) is 5.80. The molecule has 0 aromatic heterocycles. The molecule has 26 heavy (non-hydrogen) atoms. The van der Waals surface area contributed by atoms with E-state index >= 15 is 0 Å². The van der Waals surface area contributed by atoms with Crippen LogP contribution in [0.1, 0.15) is 85.0 Å². The summed E-state index contributed by atoms with van der Waals surface area (Å²) in [6.07, 6.45) is 23.7. The minimum absolute atomic E-state index is 0.645. The highest BCUT2D eigenvalue weighted by atomic mass is 15.5. The number of quaternary nitrogens is 2. The van der Waals surface area contributed by atoms with E-state index < -0.39 is 0 Å². The lowest BCUT2D eigenvalue weighted by Gasteiger charge is -2.46. The van der Waals surface area contributed by atoms with Gasteiger partial charge in [0, 0.05) is 0 Å². The summed E-state index contributed by atoms with van der Waals surface area (Å²) in [6, 6.07) is 0. The summed E-state index contributed by atoms with van der Waals surface area (Å²) >= 11 is 0. The van der Waals surface area contributed by atoms with Crippen LogP contribution in [0, 0.1) is 0 Å². The van der Waals surface area contributed by atoms with Gasteiger partial charge >= 0.3 is 0 Å². The second kappa shape index (κ2) is 14.5. The van der Waals surface area contributed by atoms with Gasteiger partial charge in [0.25, 0.3) is 0 Å². The lowest BCUT2D eigenvalue weighted by atomic mass is 10.0. The number of likely N-dealkylation sites (N-methyl/N-ethyl adjacent to an activating group) is 2. The fourth-order valence-corrected chi connectivity index (χ4v) is 4.18. The van der Waals surface area contributed by atoms with E-state index in [4.69, 9.17) is 0 Å². The van der Waals surface area contributed by atoms with Crippen molar-refractivity contribution in [2.45, 2.75) is 91.1 Å². The average molecular weight is 367 g/mol. The van der Waals surface area contributed by atoms with Crippen LogP contribution in [0.4, 0.5) is 0 Å². The molecule has 0 aliphatic rings. The molecule has 0 fully saturated rings. The number of allylic oxidation sites excluding steroid dienone is 2. The zero-order chi connectivity index (χ0) is 19.9. The molecule has 0 N–H and O–H groups in total. The first-order chi connectivity index (χ1) is 12.3. The Balaban J connectivity index is 4.50. The molecule has 0 spiro atoms. The molecule has 0 aliphatic heterocycles. The Bertz CT molecular complexity index is 354. The smallest absolute Gasteiger partial charge is 0.216 e. The number of hydrogen-bond donors (Lipinski definition) is 0. The fraction of sp³-hybridized carbons (Fsp3) is 0.833. The summed E-state index contributed by atoms with van der Waals surface area (Å²) < 4.78 is 2.15. The van der Waals surface area contributed by atoms with E-state index in [-0.39, 0.29) is 0 Å². The van der Waals surface area contributed by atoms with Gasteiger partial charge in [-0.25, -0.2) is 0 Å². The average Bonchev–Trinajstić information content (AvgIpc) is 2.59. The molecule has 0 atom stereocenters. The highest BCUT2D eigenvalue weighted by Crippen LogP contribution is 2.23. The molecule has 0 heterocycles. The lowest BCUT2D eigenvalue weighted by Crippen LogP contribution is -2.64. The van der Waals surface area contributed by atoms with Gasteiger partial charge in [0.2, 0.25) is 6.17 Å². The van der Waals surface area contributed by atoms with Crippen molar-refractivity contribution in [2.75, 3.05) is 41.3 Å². The van der Waals surface area contributed by atoms with Crippen molar-refractivity contribution in [3.05, 3.63) is 24.3 Å². The highest BCUT2D eigenvalue weighted by Gasteiger charge is 2.39. The van der Waals surface area contributed by atoms with Crippen LogP contribution in [0.15, 0.2) is 24.3 Å². The standard InChI is InChI=1S/C24H50N2/c1-8-11-14-15-16-17-18-19-20-21-24(25(4,5)22-12-9-2)26(6,7)23-13-10-3/h9-10,12-13,24H,8,11,14-23H2,1-7H3/q+2/b12-9+,13-10+. The molecule has 0 radical (unpaired) electrons. The second-order valence-corrected chi connectivity index (χ2v) is 9.16. The Morgan fingerprint density at radius 3 is 1.38 bits per heavy atom. The minimum atomic E-state index is 0.645. The number of unbranched alkanes of at least 4 members (excludes halogenated alkanes) is 8. The van der Waals surface area contributed by atoms with Gasteiger partial charge in [0.1, 0.15) is 13.1 Å². The molecule has 0 aliphatic carbocycles. The third-order valence-corrected chi connectivity index (χ3v) is 5.80. The molecule has 0 aromatic carbocycles. The van der Waals surface area contributed by atoms with Gasteiger partial charge in [0.05, 0.1) is 34.6 Å². The number of hydrogen-bond acceptors (Lipinski definition) is 0. The molecule has 0 bridgehead atoms. The highest BCUT2D eigenvalue weighted by molar-refractivity contribution is 4.78. The Labute approximate surface area is 166 Å². The fourth-order valence-electron chi connectivity index (χ4n) is 4.18. The van der Waals surface area contributed by atoms with E-state index in [9.17, 15) is 0 Å². The molecule has 0 unspecified atom stereocenters. The monoisotopic (exact) mass is 366 g/mol. The van der Waals surface area contributed by atoms with E-state index in [1.807, 2.05) is 0 Å². The molecule has 154 valence electrons. The maximum absolute atomic E-state index is 2.41. The molecular weight excluding hydrogens is 316 g/mol. The molecule has 0 rings (SSSR count). The normalized spacial score (nSPS) is 13.5. The van der Waals surface area contributed by atoms with Crippen molar-refractivity contribution in [1.82, 2.24) is 0 Å². The summed E-state index contributed by atoms with van der Waals surface area (Å²) in [4.78, 5) is 0. The van der Waals surface area contributed by atoms with Crippen molar-refractivity contribution < 1.29 is 8.97 Å². The van der Waals surface area contributed by atoms with E-state index in [0.717, 1.165) is 22.1 Å². The Hall–Kier alpha value is -0.600. The van der Waals surface area contributed by atoms with Crippen LogP contribution in [0.2, 0.25) is 0 Å². The Kier molecular flexibility index (Phi) is 14.1. The topological polar surface area (TPSA) is 0 Å². The SMILES string of the molecule is C/C=C/C[N+](C)(C)C(CCCCCCCCCCC)[N+](C)(C)C/C=C/C. The molecule has 0 aromatic rings. The van der Waals surface area contributed by atoms with Crippen molar-refractivity contribution in [2.24, 2.45) is 0 Å². The Morgan fingerprint density at radius 2 is 1.00 bits per heavy atom. The largest absolute Gasteiger partial charge is 0.276 e. The van der Waals surface area contributed by atoms with E-state index in [1.54, 1.807) is 0 Å². The van der Waals surface area contributed by atoms with Crippen molar-refractivity contribution in [3.63, 3.8) is 0 Å². The summed E-state index contributed by atoms with van der Waals surface area (Å²) in [5.74, 6) is 0. The van der Waals surface area contributed by atoms with Gasteiger partial charge in [-0.3, -0.25) is 8.97 Å². The molecule has 0 amide bonds. The third kappa shape index (κ3) is 11.2. The van der Waals surface area contributed by atoms with Gasteiger partial charge in [-0.1, -0.05) is 70.4 Å². The van der Waals surface area contributed by atoms with Gasteiger partial charge in [-0.2, -0.15) is 0 Å². The van der Waals surface area contributed by atoms with E-state index in [1.165, 1.54) is 64.2 Å². The number of rotatable bonds is 16. The molecule has 2 heteroatoms. The summed E-state index contributed by atoms with van der Waals surface area (Å²) in [7, 11) is 9.64. The predicted octanol–water partition coefficient (Wildman–Crippen LogP) is 6.54. The summed E-state index contributed by atoms with van der Waals surface area (Å²) in [5.41, 5.74) is 0. The lowest BCUT2D eigenvalue weighted by molar-refractivity contribution is -1.10. The quantitative estimate of drug-likeness (QED) is 0.126. The summed E-state index contributed by atoms with van der Waals surface area (Å²) in [6.45, 7) is 8.81. The van der Waals surface area contributed by atoms with E-state index in [2.05, 4.69) is 73.3 Å². The Morgan fingerprint density at radius 1 is 0.615 bits per heavy atom. The maximum Gasteiger partial charge on any atom is 0.216 e. The van der Waals surface area contributed by atoms with Crippen molar-refractivity contribution in [3.8, 4) is 0 Å². The molecular formula is C24H50N2+2. The van der Waals surface area contributed by atoms with Crippen LogP contribution in [-0.4, -0.2) is 56.4 Å². The van der Waals surface area contributed by atoms with Crippen molar-refractivity contribution >= 4 is 0 Å². The van der Waals surface area contributed by atoms with Gasteiger partial charge in [-0.05, 0) is 32.4 Å². The van der Waals surface area contributed by atoms with Crippen LogP contribution in [0.25, 0.3) is 0 Å². The second-order valence-electron chi connectivity index (χ2n) is 9.16. The molecule has 0 saturated carbocycles. The first-order valence-electron chi connectivity index (χ1n) is 11.2. The first kappa shape index (κ1) is 25.4. The van der Waals surface area contributed by atoms with Gasteiger partial charge in [0.15, 0.2) is 0 Å². The van der Waals surface area contributed by atoms with Gasteiger partial charge < -0.3 is 0 Å². The van der Waals surface area contributed by atoms with E-state index in [0.29, 0.717) is 6.17 Å². The predicted molar refractivity (Wildman–Crippen MR) is 119 cm³/mol. The van der Waals surface area contributed by atoms with Crippen molar-refractivity contribution in [1.29, 1.82) is 0 Å². The molecule has 2 nitrogen and oxygen atoms in total. The first-order valence-corrected chi connectivity index (χ1v) is 11.2. The zero-order valence-corrected chi connectivity index (χ0v) is 19.3. The zero-order valence-electron chi connectivity index (χ0n) is 19.3. The minimum Gasteiger partial charge on any atom is -0.276 e. The van der Waals surface area contributed by atoms with Crippen LogP contribution in [0.3, 0.4) is 0 Å². The number of nitrogens with zero attached hydrogens (tertiary/aromatic N) is 2. The van der Waals surface area contributed by atoms with Crippen LogP contribution < -0.4 is 0 Å². The van der Waals surface area contributed by atoms with Crippen LogP contribution in [-0.2, 0) is 0 Å². The van der Waals surface area contributed by atoms with Gasteiger partial charge in [-0.15, -0.1) is 0 Å². The molecule has 0 saturated heterocycles. The van der Waals surface area contributed by atoms with Crippen LogP contribution in [0.5, 0.6) is 0 Å². The summed E-state index contributed by atoms with van der Waals surface area (Å²) in [5, 5.41) is 0.